The zero-order chi connectivity index (χ0) is 21.0. The Bertz CT molecular complexity index is 641. The van der Waals surface area contributed by atoms with E-state index in [1.807, 2.05) is 0 Å². The third-order valence-corrected chi connectivity index (χ3v) is 6.28. The molecule has 4 nitrogen and oxygen atoms in total. The summed E-state index contributed by atoms with van der Waals surface area (Å²) in [6.07, 6.45) is 11.2. The Labute approximate surface area is 177 Å². The second-order valence-corrected chi connectivity index (χ2v) is 8.85. The van der Waals surface area contributed by atoms with Crippen LogP contribution in [0.25, 0.3) is 0 Å². The highest BCUT2D eigenvalue weighted by Crippen LogP contribution is 2.29. The number of unbranched alkanes of at least 4 members (excludes halogenated alkanes) is 2. The first kappa shape index (κ1) is 23.4. The van der Waals surface area contributed by atoms with Gasteiger partial charge in [0.25, 0.3) is 0 Å². The van der Waals surface area contributed by atoms with Gasteiger partial charge in [-0.05, 0) is 69.0 Å². The van der Waals surface area contributed by atoms with E-state index in [1.165, 1.54) is 30.4 Å². The quantitative estimate of drug-likeness (QED) is 0.452. The number of nitrogens with one attached hydrogen (secondary N) is 2. The maximum Gasteiger partial charge on any atom is 0.220 e. The normalized spacial score (nSPS) is 16.7. The van der Waals surface area contributed by atoms with Gasteiger partial charge in [0.15, 0.2) is 0 Å². The van der Waals surface area contributed by atoms with Gasteiger partial charge in [0.2, 0.25) is 5.91 Å². The Balaban J connectivity index is 1.74. The summed E-state index contributed by atoms with van der Waals surface area (Å²) in [7, 11) is 0. The van der Waals surface area contributed by atoms with Crippen molar-refractivity contribution in [3.8, 4) is 6.07 Å². The van der Waals surface area contributed by atoms with Gasteiger partial charge in [0, 0.05) is 24.9 Å². The van der Waals surface area contributed by atoms with Gasteiger partial charge in [-0.25, -0.2) is 0 Å². The smallest absolute Gasteiger partial charge is 0.220 e. The third-order valence-electron chi connectivity index (χ3n) is 6.28. The number of amides is 1. The molecule has 0 aliphatic heterocycles. The lowest BCUT2D eigenvalue weighted by molar-refractivity contribution is -0.123. The van der Waals surface area contributed by atoms with Gasteiger partial charge in [-0.3, -0.25) is 4.79 Å². The van der Waals surface area contributed by atoms with Crippen LogP contribution in [0, 0.1) is 11.3 Å². The number of hydrogen-bond acceptors (Lipinski definition) is 3. The highest BCUT2D eigenvalue weighted by molar-refractivity contribution is 5.76. The number of hydrogen-bond donors (Lipinski definition) is 2. The summed E-state index contributed by atoms with van der Waals surface area (Å²) in [5, 5.41) is 15.3. The molecular weight excluding hydrogens is 358 g/mol. The molecule has 4 heteroatoms. The molecule has 0 saturated heterocycles. The first-order valence-corrected chi connectivity index (χ1v) is 11.5. The van der Waals surface area contributed by atoms with Gasteiger partial charge < -0.3 is 10.6 Å². The van der Waals surface area contributed by atoms with Crippen molar-refractivity contribution in [2.75, 3.05) is 6.54 Å². The lowest BCUT2D eigenvalue weighted by Crippen LogP contribution is -2.47. The molecule has 1 atom stereocenters. The lowest BCUT2D eigenvalue weighted by atomic mass is 9.83. The van der Waals surface area contributed by atoms with Crippen LogP contribution in [0.4, 0.5) is 0 Å². The molecule has 1 aliphatic rings. The summed E-state index contributed by atoms with van der Waals surface area (Å²) in [5.74, 6) is 0.651. The van der Waals surface area contributed by atoms with Gasteiger partial charge >= 0.3 is 0 Å². The molecule has 29 heavy (non-hydrogen) atoms. The molecule has 1 unspecified atom stereocenters. The monoisotopic (exact) mass is 397 g/mol. The minimum absolute atomic E-state index is 0.0142. The van der Waals surface area contributed by atoms with Gasteiger partial charge in [-0.2, -0.15) is 5.26 Å². The Morgan fingerprint density at radius 3 is 2.55 bits per heavy atom. The van der Waals surface area contributed by atoms with Crippen LogP contribution in [0.15, 0.2) is 24.3 Å². The fraction of sp³-hybridized carbons (Fsp3) is 0.680. The van der Waals surface area contributed by atoms with E-state index >= 15 is 0 Å². The lowest BCUT2D eigenvalue weighted by Gasteiger charge is -2.34. The van der Waals surface area contributed by atoms with Crippen molar-refractivity contribution in [2.24, 2.45) is 0 Å². The van der Waals surface area contributed by atoms with Crippen LogP contribution in [0.3, 0.4) is 0 Å². The Hall–Kier alpha value is -1.86. The van der Waals surface area contributed by atoms with Crippen LogP contribution in [0.5, 0.6) is 0 Å². The third kappa shape index (κ3) is 8.58. The number of benzene rings is 1. The van der Waals surface area contributed by atoms with Crippen molar-refractivity contribution in [3.05, 3.63) is 35.4 Å². The van der Waals surface area contributed by atoms with Crippen molar-refractivity contribution in [1.29, 1.82) is 5.26 Å². The zero-order valence-electron chi connectivity index (χ0n) is 18.4. The standard InChI is InChI=1S/C25H39N3O/c1-3-22(14-15-24(29)28-25(2)16-6-4-7-17-25)23-12-10-21(11-13-23)20-27-19-9-5-8-18-26/h10-13,22,27H,3-9,14-17,19-20H2,1-2H3,(H,28,29). The average molecular weight is 398 g/mol. The molecule has 0 aromatic heterocycles. The second kappa shape index (κ2) is 12.6. The number of nitrogens with zero attached hydrogens (tertiary/aromatic N) is 1. The molecule has 1 aromatic rings. The first-order valence-electron chi connectivity index (χ1n) is 11.5. The number of nitriles is 1. The van der Waals surface area contributed by atoms with E-state index in [-0.39, 0.29) is 11.4 Å². The maximum atomic E-state index is 12.5. The Morgan fingerprint density at radius 1 is 1.17 bits per heavy atom. The van der Waals surface area contributed by atoms with Gasteiger partial charge in [0.1, 0.15) is 0 Å². The predicted molar refractivity (Wildman–Crippen MR) is 120 cm³/mol. The highest BCUT2D eigenvalue weighted by Gasteiger charge is 2.28. The van der Waals surface area contributed by atoms with E-state index in [0.29, 0.717) is 18.8 Å². The van der Waals surface area contributed by atoms with Gasteiger partial charge in [-0.15, -0.1) is 0 Å². The van der Waals surface area contributed by atoms with E-state index in [4.69, 9.17) is 5.26 Å². The summed E-state index contributed by atoms with van der Waals surface area (Å²) in [6, 6.07) is 11.0. The number of carbonyl (C=O) groups excluding carboxylic acids is 1. The van der Waals surface area contributed by atoms with Crippen molar-refractivity contribution < 1.29 is 4.79 Å². The van der Waals surface area contributed by atoms with Crippen LogP contribution in [-0.2, 0) is 11.3 Å². The molecule has 2 rings (SSSR count). The summed E-state index contributed by atoms with van der Waals surface area (Å²) >= 11 is 0. The Kier molecular flexibility index (Phi) is 10.2. The van der Waals surface area contributed by atoms with Crippen LogP contribution in [-0.4, -0.2) is 18.0 Å². The molecule has 1 aliphatic carbocycles. The maximum absolute atomic E-state index is 12.5. The van der Waals surface area contributed by atoms with Crippen LogP contribution < -0.4 is 10.6 Å². The first-order chi connectivity index (χ1) is 14.1. The second-order valence-electron chi connectivity index (χ2n) is 8.85. The zero-order valence-corrected chi connectivity index (χ0v) is 18.4. The van der Waals surface area contributed by atoms with Crippen molar-refractivity contribution in [1.82, 2.24) is 10.6 Å². The molecule has 160 valence electrons. The van der Waals surface area contributed by atoms with E-state index in [9.17, 15) is 4.79 Å². The fourth-order valence-corrected chi connectivity index (χ4v) is 4.36. The largest absolute Gasteiger partial charge is 0.351 e. The summed E-state index contributed by atoms with van der Waals surface area (Å²) in [6.45, 7) is 6.24. The summed E-state index contributed by atoms with van der Waals surface area (Å²) in [4.78, 5) is 12.5. The molecule has 1 fully saturated rings. The molecule has 0 bridgehead atoms. The molecule has 0 heterocycles. The molecule has 1 amide bonds. The van der Waals surface area contributed by atoms with Crippen molar-refractivity contribution in [3.63, 3.8) is 0 Å². The minimum Gasteiger partial charge on any atom is -0.351 e. The van der Waals surface area contributed by atoms with E-state index in [1.54, 1.807) is 0 Å². The molecule has 0 spiro atoms. The molecular formula is C25H39N3O. The fourth-order valence-electron chi connectivity index (χ4n) is 4.36. The van der Waals surface area contributed by atoms with Crippen molar-refractivity contribution in [2.45, 2.75) is 102 Å². The van der Waals surface area contributed by atoms with E-state index in [0.717, 1.165) is 51.6 Å². The predicted octanol–water partition coefficient (Wildman–Crippen LogP) is 5.58. The van der Waals surface area contributed by atoms with Crippen LogP contribution >= 0.6 is 0 Å². The highest BCUT2D eigenvalue weighted by atomic mass is 16.1. The number of rotatable bonds is 12. The van der Waals surface area contributed by atoms with Crippen molar-refractivity contribution >= 4 is 5.91 Å². The van der Waals surface area contributed by atoms with Crippen LogP contribution in [0.1, 0.15) is 102 Å². The summed E-state index contributed by atoms with van der Waals surface area (Å²) < 4.78 is 0. The molecule has 0 radical (unpaired) electrons. The van der Waals surface area contributed by atoms with Gasteiger partial charge in [0.05, 0.1) is 6.07 Å². The van der Waals surface area contributed by atoms with Crippen LogP contribution in [0.2, 0.25) is 0 Å². The summed E-state index contributed by atoms with van der Waals surface area (Å²) in [5.41, 5.74) is 2.63. The molecule has 1 aromatic carbocycles. The van der Waals surface area contributed by atoms with E-state index in [2.05, 4.69) is 54.8 Å². The topological polar surface area (TPSA) is 64.9 Å². The minimum atomic E-state index is 0.0142. The molecule has 2 N–H and O–H groups in total. The molecule has 1 saturated carbocycles. The average Bonchev–Trinajstić information content (AvgIpc) is 2.72. The SMILES string of the molecule is CCC(CCC(=O)NC1(C)CCCCC1)c1ccc(CNCCCCC#N)cc1. The Morgan fingerprint density at radius 2 is 1.90 bits per heavy atom. The number of carbonyl (C=O) groups is 1. The van der Waals surface area contributed by atoms with E-state index < -0.39 is 0 Å². The van der Waals surface area contributed by atoms with Gasteiger partial charge in [-0.1, -0.05) is 50.5 Å².